The van der Waals surface area contributed by atoms with Crippen molar-refractivity contribution in [2.45, 2.75) is 0 Å². The lowest BCUT2D eigenvalue weighted by Crippen LogP contribution is -2.36. The van der Waals surface area contributed by atoms with Crippen LogP contribution in [-0.2, 0) is 4.74 Å². The van der Waals surface area contributed by atoms with Crippen molar-refractivity contribution in [3.8, 4) is 0 Å². The van der Waals surface area contributed by atoms with Crippen molar-refractivity contribution in [1.82, 2.24) is 4.98 Å². The Morgan fingerprint density at radius 2 is 1.90 bits per heavy atom. The zero-order chi connectivity index (χ0) is 13.6. The van der Waals surface area contributed by atoms with Crippen molar-refractivity contribution >= 4 is 17.6 Å². The fourth-order valence-corrected chi connectivity index (χ4v) is 2.19. The second-order valence-electron chi connectivity index (χ2n) is 4.66. The molecule has 4 nitrogen and oxygen atoms in total. The highest BCUT2D eigenvalue weighted by atomic mass is 16.5. The second kappa shape index (κ2) is 6.30. The molecule has 20 heavy (non-hydrogen) atoms. The second-order valence-corrected chi connectivity index (χ2v) is 4.66. The molecule has 0 aliphatic carbocycles. The van der Waals surface area contributed by atoms with Gasteiger partial charge in [-0.15, -0.1) is 0 Å². The Balaban J connectivity index is 1.75. The highest BCUT2D eigenvalue weighted by molar-refractivity contribution is 5.81. The minimum absolute atomic E-state index is 0.796. The number of pyridine rings is 1. The number of aromatic nitrogens is 1. The summed E-state index contributed by atoms with van der Waals surface area (Å²) >= 11 is 0. The number of ether oxygens (including phenoxy) is 1. The van der Waals surface area contributed by atoms with Crippen LogP contribution in [0.5, 0.6) is 0 Å². The van der Waals surface area contributed by atoms with E-state index < -0.39 is 0 Å². The predicted octanol–water partition coefficient (Wildman–Crippen LogP) is 2.67. The molecular weight excluding hydrogens is 250 g/mol. The smallest absolute Gasteiger partial charge is 0.0650 e. The quantitative estimate of drug-likeness (QED) is 0.802. The molecule has 2 aromatic rings. The monoisotopic (exact) mass is 267 g/mol. The van der Waals surface area contributed by atoms with E-state index in [9.17, 15) is 0 Å². The summed E-state index contributed by atoms with van der Waals surface area (Å²) in [6.45, 7) is 3.48. The maximum atomic E-state index is 5.38. The van der Waals surface area contributed by atoms with Crippen molar-refractivity contribution in [3.63, 3.8) is 0 Å². The van der Waals surface area contributed by atoms with Gasteiger partial charge in [-0.1, -0.05) is 6.07 Å². The van der Waals surface area contributed by atoms with E-state index in [-0.39, 0.29) is 0 Å². The first kappa shape index (κ1) is 12.8. The topological polar surface area (TPSA) is 37.7 Å². The van der Waals surface area contributed by atoms with Crippen LogP contribution in [0.2, 0.25) is 0 Å². The summed E-state index contributed by atoms with van der Waals surface area (Å²) < 4.78 is 5.38. The zero-order valence-corrected chi connectivity index (χ0v) is 11.3. The third kappa shape index (κ3) is 3.22. The minimum Gasteiger partial charge on any atom is -0.378 e. The maximum absolute atomic E-state index is 5.38. The Morgan fingerprint density at radius 3 is 2.70 bits per heavy atom. The molecule has 4 heteroatoms. The van der Waals surface area contributed by atoms with Crippen molar-refractivity contribution < 1.29 is 4.74 Å². The molecule has 1 fully saturated rings. The van der Waals surface area contributed by atoms with E-state index in [1.165, 1.54) is 5.69 Å². The van der Waals surface area contributed by atoms with E-state index in [1.807, 2.05) is 30.5 Å². The number of anilines is 1. The van der Waals surface area contributed by atoms with Gasteiger partial charge in [-0.25, -0.2) is 0 Å². The third-order valence-electron chi connectivity index (χ3n) is 3.27. The molecule has 0 unspecified atom stereocenters. The van der Waals surface area contributed by atoms with Crippen LogP contribution >= 0.6 is 0 Å². The lowest BCUT2D eigenvalue weighted by molar-refractivity contribution is 0.122. The molecule has 0 N–H and O–H groups in total. The molecule has 0 saturated carbocycles. The van der Waals surface area contributed by atoms with Gasteiger partial charge in [0.1, 0.15) is 0 Å². The lowest BCUT2D eigenvalue weighted by Gasteiger charge is -2.28. The molecule has 0 amide bonds. The van der Waals surface area contributed by atoms with E-state index in [0.717, 1.165) is 37.6 Å². The molecule has 0 radical (unpaired) electrons. The van der Waals surface area contributed by atoms with Crippen LogP contribution < -0.4 is 4.90 Å². The van der Waals surface area contributed by atoms with Gasteiger partial charge >= 0.3 is 0 Å². The Labute approximate surface area is 118 Å². The van der Waals surface area contributed by atoms with Gasteiger partial charge in [0.05, 0.1) is 18.9 Å². The summed E-state index contributed by atoms with van der Waals surface area (Å²) in [5.74, 6) is 0. The zero-order valence-electron chi connectivity index (χ0n) is 11.3. The van der Waals surface area contributed by atoms with E-state index in [0.29, 0.717) is 0 Å². The summed E-state index contributed by atoms with van der Waals surface area (Å²) in [6.07, 6.45) is 5.40. The van der Waals surface area contributed by atoms with E-state index in [4.69, 9.17) is 4.74 Å². The highest BCUT2D eigenvalue weighted by Gasteiger charge is 2.10. The molecule has 1 aliphatic rings. The summed E-state index contributed by atoms with van der Waals surface area (Å²) in [4.78, 5) is 10.8. The number of morpholine rings is 1. The summed E-state index contributed by atoms with van der Waals surface area (Å²) in [5, 5.41) is 0. The van der Waals surface area contributed by atoms with Gasteiger partial charge < -0.3 is 9.64 Å². The average molecular weight is 267 g/mol. The SMILES string of the molecule is C(=Nc1cccc(N2CCOCC2)c1)c1ccncc1. The largest absolute Gasteiger partial charge is 0.378 e. The lowest BCUT2D eigenvalue weighted by atomic mass is 10.2. The van der Waals surface area contributed by atoms with Crippen LogP contribution in [0.1, 0.15) is 5.56 Å². The molecule has 0 atom stereocenters. The van der Waals surface area contributed by atoms with Crippen LogP contribution in [-0.4, -0.2) is 37.5 Å². The van der Waals surface area contributed by atoms with E-state index in [1.54, 1.807) is 12.4 Å². The van der Waals surface area contributed by atoms with Gasteiger partial charge in [-0.05, 0) is 35.9 Å². The van der Waals surface area contributed by atoms with Gasteiger partial charge in [0, 0.05) is 37.4 Å². The number of rotatable bonds is 3. The Morgan fingerprint density at radius 1 is 1.10 bits per heavy atom. The van der Waals surface area contributed by atoms with Crippen LogP contribution in [0, 0.1) is 0 Å². The summed E-state index contributed by atoms with van der Waals surface area (Å²) in [5.41, 5.74) is 3.22. The fourth-order valence-electron chi connectivity index (χ4n) is 2.19. The summed E-state index contributed by atoms with van der Waals surface area (Å²) in [7, 11) is 0. The normalized spacial score (nSPS) is 15.7. The Bertz CT molecular complexity index is 577. The van der Waals surface area contributed by atoms with Crippen molar-refractivity contribution in [2.24, 2.45) is 4.99 Å². The first-order chi connectivity index (χ1) is 9.92. The number of benzene rings is 1. The van der Waals surface area contributed by atoms with Crippen molar-refractivity contribution in [3.05, 3.63) is 54.4 Å². The maximum Gasteiger partial charge on any atom is 0.0650 e. The van der Waals surface area contributed by atoms with Crippen molar-refractivity contribution in [2.75, 3.05) is 31.2 Å². The van der Waals surface area contributed by atoms with Gasteiger partial charge in [0.2, 0.25) is 0 Å². The first-order valence-corrected chi connectivity index (χ1v) is 6.79. The molecule has 1 aromatic carbocycles. The number of aliphatic imine (C=N–C) groups is 1. The van der Waals surface area contributed by atoms with Crippen LogP contribution in [0.25, 0.3) is 0 Å². The third-order valence-corrected chi connectivity index (χ3v) is 3.27. The van der Waals surface area contributed by atoms with Gasteiger partial charge in [-0.2, -0.15) is 0 Å². The Kier molecular flexibility index (Phi) is 4.04. The molecule has 3 rings (SSSR count). The molecule has 1 aromatic heterocycles. The molecule has 2 heterocycles. The first-order valence-electron chi connectivity index (χ1n) is 6.79. The van der Waals surface area contributed by atoms with Gasteiger partial charge in [0.15, 0.2) is 0 Å². The molecule has 0 spiro atoms. The average Bonchev–Trinajstić information content (AvgIpc) is 2.55. The van der Waals surface area contributed by atoms with Crippen LogP contribution in [0.15, 0.2) is 53.8 Å². The standard InChI is InChI=1S/C16H17N3O/c1-2-15(18-13-14-4-6-17-7-5-14)12-16(3-1)19-8-10-20-11-9-19/h1-7,12-13H,8-11H2. The molecule has 102 valence electrons. The van der Waals surface area contributed by atoms with Gasteiger partial charge in [-0.3, -0.25) is 9.98 Å². The van der Waals surface area contributed by atoms with Crippen molar-refractivity contribution in [1.29, 1.82) is 0 Å². The van der Waals surface area contributed by atoms with E-state index >= 15 is 0 Å². The molecule has 0 bridgehead atoms. The number of hydrogen-bond donors (Lipinski definition) is 0. The van der Waals surface area contributed by atoms with E-state index in [2.05, 4.69) is 27.0 Å². The summed E-state index contributed by atoms with van der Waals surface area (Å²) in [6, 6.07) is 12.2. The fraction of sp³-hybridized carbons (Fsp3) is 0.250. The Hall–Kier alpha value is -2.20. The van der Waals surface area contributed by atoms with Crippen LogP contribution in [0.3, 0.4) is 0 Å². The molecule has 1 saturated heterocycles. The molecule has 1 aliphatic heterocycles. The predicted molar refractivity (Wildman–Crippen MR) is 81.0 cm³/mol. The number of hydrogen-bond acceptors (Lipinski definition) is 4. The highest BCUT2D eigenvalue weighted by Crippen LogP contribution is 2.22. The minimum atomic E-state index is 0.796. The van der Waals surface area contributed by atoms with Gasteiger partial charge in [0.25, 0.3) is 0 Å². The van der Waals surface area contributed by atoms with Crippen LogP contribution in [0.4, 0.5) is 11.4 Å². The molecular formula is C16H17N3O. The number of nitrogens with zero attached hydrogens (tertiary/aromatic N) is 3.